The minimum Gasteiger partial charge on any atom is -0.327 e. The summed E-state index contributed by atoms with van der Waals surface area (Å²) in [5.41, 5.74) is 2.24. The highest BCUT2D eigenvalue weighted by Crippen LogP contribution is 2.35. The van der Waals surface area contributed by atoms with Crippen molar-refractivity contribution < 1.29 is 22.4 Å². The normalized spacial score (nSPS) is 12.1. The van der Waals surface area contributed by atoms with E-state index in [0.717, 1.165) is 28.4 Å². The number of alkyl halides is 3. The largest absolute Gasteiger partial charge is 0.418 e. The van der Waals surface area contributed by atoms with Crippen LogP contribution in [0.3, 0.4) is 0 Å². The molecule has 0 fully saturated rings. The van der Waals surface area contributed by atoms with Crippen LogP contribution >= 0.6 is 11.8 Å². The molecule has 0 radical (unpaired) electrons. The minimum atomic E-state index is -4.64. The summed E-state index contributed by atoms with van der Waals surface area (Å²) in [5, 5.41) is 14.6. The Bertz CT molecular complexity index is 1670. The summed E-state index contributed by atoms with van der Waals surface area (Å²) in [6, 6.07) is 26.4. The van der Waals surface area contributed by atoms with Gasteiger partial charge in [0.15, 0.2) is 11.0 Å². The number of carbonyl (C=O) groups excluding carboxylic acids is 1. The molecular formula is C32H27F4N5OS. The molecule has 1 heterocycles. The number of carbonyl (C=O) groups is 1. The molecule has 43 heavy (non-hydrogen) atoms. The number of benzene rings is 4. The van der Waals surface area contributed by atoms with E-state index in [2.05, 4.69) is 20.8 Å². The number of nitrogens with one attached hydrogen (secondary N) is 2. The van der Waals surface area contributed by atoms with Crippen LogP contribution in [0.2, 0.25) is 0 Å². The molecule has 0 aliphatic heterocycles. The van der Waals surface area contributed by atoms with Gasteiger partial charge >= 0.3 is 12.2 Å². The van der Waals surface area contributed by atoms with E-state index in [9.17, 15) is 22.4 Å². The van der Waals surface area contributed by atoms with Crippen molar-refractivity contribution in [1.29, 1.82) is 0 Å². The Hall–Kier alpha value is -4.64. The van der Waals surface area contributed by atoms with E-state index in [1.165, 1.54) is 42.1 Å². The molecule has 1 atom stereocenters. The molecule has 2 N–H and O–H groups in total. The second-order valence-electron chi connectivity index (χ2n) is 9.81. The SMILES string of the molecule is Cc1ccc(-n2c(SCc3ccc(F)cc3)nnc2C(Cc2ccccc2)NC(=O)Nc2ccccc2C(F)(F)F)cc1. The van der Waals surface area contributed by atoms with Crippen LogP contribution in [-0.2, 0) is 18.3 Å². The lowest BCUT2D eigenvalue weighted by molar-refractivity contribution is -0.136. The molecule has 0 saturated heterocycles. The van der Waals surface area contributed by atoms with E-state index < -0.39 is 23.8 Å². The van der Waals surface area contributed by atoms with Crippen molar-refractivity contribution in [3.8, 4) is 5.69 Å². The quantitative estimate of drug-likeness (QED) is 0.131. The van der Waals surface area contributed by atoms with Gasteiger partial charge in [-0.25, -0.2) is 9.18 Å². The Morgan fingerprint density at radius 2 is 1.53 bits per heavy atom. The van der Waals surface area contributed by atoms with E-state index in [1.807, 2.05) is 66.1 Å². The molecule has 0 bridgehead atoms. The van der Waals surface area contributed by atoms with Gasteiger partial charge in [0.05, 0.1) is 17.3 Å². The molecule has 11 heteroatoms. The zero-order valence-electron chi connectivity index (χ0n) is 23.0. The van der Waals surface area contributed by atoms with Crippen molar-refractivity contribution >= 4 is 23.5 Å². The van der Waals surface area contributed by atoms with Gasteiger partial charge in [0, 0.05) is 17.9 Å². The first-order valence-corrected chi connectivity index (χ1v) is 14.3. The summed E-state index contributed by atoms with van der Waals surface area (Å²) >= 11 is 1.39. The molecule has 220 valence electrons. The lowest BCUT2D eigenvalue weighted by Crippen LogP contribution is -2.35. The van der Waals surface area contributed by atoms with Crippen LogP contribution in [0.5, 0.6) is 0 Å². The number of urea groups is 1. The van der Waals surface area contributed by atoms with Crippen LogP contribution in [0.25, 0.3) is 5.69 Å². The molecule has 0 spiro atoms. The average molecular weight is 606 g/mol. The van der Waals surface area contributed by atoms with Crippen LogP contribution in [0.15, 0.2) is 108 Å². The summed E-state index contributed by atoms with van der Waals surface area (Å²) in [6.45, 7) is 1.96. The first-order chi connectivity index (χ1) is 20.7. The van der Waals surface area contributed by atoms with Crippen LogP contribution in [-0.4, -0.2) is 20.8 Å². The minimum absolute atomic E-state index is 0.293. The highest BCUT2D eigenvalue weighted by Gasteiger charge is 2.34. The van der Waals surface area contributed by atoms with E-state index in [0.29, 0.717) is 23.2 Å². The number of halogens is 4. The molecule has 1 aromatic heterocycles. The van der Waals surface area contributed by atoms with Crippen LogP contribution in [0.4, 0.5) is 28.0 Å². The standard InChI is InChI=1S/C32H27F4N5OS/c1-21-11-17-25(18-12-21)41-29(39-40-31(41)43-20-23-13-15-24(33)16-14-23)28(19-22-7-3-2-4-8-22)38-30(42)37-27-10-6-5-9-26(27)32(34,35)36/h2-18,28H,19-20H2,1H3,(H2,37,38,42). The van der Waals surface area contributed by atoms with Gasteiger partial charge in [0.1, 0.15) is 5.82 Å². The van der Waals surface area contributed by atoms with Crippen molar-refractivity contribution in [2.75, 3.05) is 5.32 Å². The molecule has 2 amide bonds. The number of para-hydroxylation sites is 1. The Labute approximate surface area is 250 Å². The Morgan fingerprint density at radius 3 is 2.23 bits per heavy atom. The number of aryl methyl sites for hydroxylation is 1. The van der Waals surface area contributed by atoms with Gasteiger partial charge in [0.2, 0.25) is 0 Å². The van der Waals surface area contributed by atoms with Gasteiger partial charge in [-0.3, -0.25) is 4.57 Å². The molecule has 5 aromatic rings. The summed E-state index contributed by atoms with van der Waals surface area (Å²) in [6.07, 6.45) is -4.35. The number of anilines is 1. The van der Waals surface area contributed by atoms with Gasteiger partial charge < -0.3 is 10.6 Å². The highest BCUT2D eigenvalue weighted by atomic mass is 32.2. The molecule has 6 nitrogen and oxygen atoms in total. The molecule has 5 rings (SSSR count). The maximum absolute atomic E-state index is 13.6. The van der Waals surface area contributed by atoms with Crippen molar-refractivity contribution in [2.45, 2.75) is 36.5 Å². The molecule has 0 saturated carbocycles. The zero-order valence-corrected chi connectivity index (χ0v) is 23.8. The first kappa shape index (κ1) is 29.8. The van der Waals surface area contributed by atoms with E-state index in [1.54, 1.807) is 12.1 Å². The van der Waals surface area contributed by atoms with Gasteiger partial charge in [-0.15, -0.1) is 10.2 Å². The summed E-state index contributed by atoms with van der Waals surface area (Å²) in [4.78, 5) is 13.2. The van der Waals surface area contributed by atoms with E-state index in [-0.39, 0.29) is 11.5 Å². The smallest absolute Gasteiger partial charge is 0.327 e. The average Bonchev–Trinajstić information content (AvgIpc) is 3.41. The number of rotatable bonds is 9. The van der Waals surface area contributed by atoms with Crippen LogP contribution in [0, 0.1) is 12.7 Å². The molecular weight excluding hydrogens is 578 g/mol. The summed E-state index contributed by atoms with van der Waals surface area (Å²) < 4.78 is 56.0. The van der Waals surface area contributed by atoms with Crippen molar-refractivity contribution in [3.05, 3.63) is 137 Å². The third kappa shape index (κ3) is 7.61. The maximum Gasteiger partial charge on any atom is 0.418 e. The number of amides is 2. The number of aromatic nitrogens is 3. The van der Waals surface area contributed by atoms with Crippen molar-refractivity contribution in [2.24, 2.45) is 0 Å². The summed E-state index contributed by atoms with van der Waals surface area (Å²) in [7, 11) is 0. The lowest BCUT2D eigenvalue weighted by Gasteiger charge is -2.21. The zero-order chi connectivity index (χ0) is 30.4. The van der Waals surface area contributed by atoms with Crippen LogP contribution < -0.4 is 10.6 Å². The Kier molecular flexibility index (Phi) is 9.10. The molecule has 4 aromatic carbocycles. The van der Waals surface area contributed by atoms with Crippen molar-refractivity contribution in [1.82, 2.24) is 20.1 Å². The number of nitrogens with zero attached hydrogens (tertiary/aromatic N) is 3. The van der Waals surface area contributed by atoms with Crippen LogP contribution in [0.1, 0.15) is 34.1 Å². The Morgan fingerprint density at radius 1 is 0.860 bits per heavy atom. The summed E-state index contributed by atoms with van der Waals surface area (Å²) in [5.74, 6) is 0.550. The van der Waals surface area contributed by atoms with Crippen molar-refractivity contribution in [3.63, 3.8) is 0 Å². The fourth-order valence-electron chi connectivity index (χ4n) is 4.48. The second-order valence-corrected chi connectivity index (χ2v) is 10.8. The third-order valence-corrected chi connectivity index (χ3v) is 7.61. The van der Waals surface area contributed by atoms with Gasteiger partial charge in [-0.2, -0.15) is 13.2 Å². The molecule has 0 aliphatic carbocycles. The second kappa shape index (κ2) is 13.1. The molecule has 0 aliphatic rings. The lowest BCUT2D eigenvalue weighted by atomic mass is 10.1. The van der Waals surface area contributed by atoms with Gasteiger partial charge in [-0.05, 0) is 54.4 Å². The Balaban J connectivity index is 1.50. The first-order valence-electron chi connectivity index (χ1n) is 13.3. The van der Waals surface area contributed by atoms with E-state index >= 15 is 0 Å². The highest BCUT2D eigenvalue weighted by molar-refractivity contribution is 7.98. The fraction of sp³-hybridized carbons (Fsp3) is 0.156. The third-order valence-electron chi connectivity index (χ3n) is 6.61. The number of hydrogen-bond donors (Lipinski definition) is 2. The topological polar surface area (TPSA) is 71.8 Å². The van der Waals surface area contributed by atoms with E-state index in [4.69, 9.17) is 0 Å². The fourth-order valence-corrected chi connectivity index (χ4v) is 5.39. The molecule has 1 unspecified atom stereocenters. The maximum atomic E-state index is 13.6. The van der Waals surface area contributed by atoms with Gasteiger partial charge in [-0.1, -0.05) is 84.1 Å². The predicted molar refractivity (Wildman–Crippen MR) is 159 cm³/mol. The monoisotopic (exact) mass is 605 g/mol. The predicted octanol–water partition coefficient (Wildman–Crippen LogP) is 8.13. The number of thioether (sulfide) groups is 1. The van der Waals surface area contributed by atoms with Gasteiger partial charge in [0.25, 0.3) is 0 Å². The number of hydrogen-bond acceptors (Lipinski definition) is 4.